The number of hydrogen-bond acceptors (Lipinski definition) is 3. The van der Waals surface area contributed by atoms with E-state index in [4.69, 9.17) is 0 Å². The first-order valence-electron chi connectivity index (χ1n) is 6.04. The lowest BCUT2D eigenvalue weighted by molar-refractivity contribution is -0.139. The number of benzene rings is 1. The first-order chi connectivity index (χ1) is 9.01. The lowest BCUT2D eigenvalue weighted by Gasteiger charge is -2.25. The van der Waals surface area contributed by atoms with Crippen molar-refractivity contribution >= 4 is 29.8 Å². The molecule has 0 bridgehead atoms. The van der Waals surface area contributed by atoms with Gasteiger partial charge in [-0.15, -0.1) is 0 Å². The van der Waals surface area contributed by atoms with E-state index in [-0.39, 0.29) is 0 Å². The van der Waals surface area contributed by atoms with Crippen LogP contribution >= 0.6 is 11.8 Å². The molecule has 0 aliphatic carbocycles. The van der Waals surface area contributed by atoms with Gasteiger partial charge in [0, 0.05) is 5.69 Å². The minimum Gasteiger partial charge on any atom is -0.480 e. The maximum absolute atomic E-state index is 11.3. The Bertz CT molecular complexity index is 462. The number of aryl methyl sites for hydroxylation is 2. The van der Waals surface area contributed by atoms with Crippen LogP contribution in [0.2, 0.25) is 0 Å². The number of aliphatic carboxylic acids is 1. The fraction of sp³-hybridized carbons (Fsp3) is 0.429. The third-order valence-corrected chi connectivity index (χ3v) is 3.76. The highest BCUT2D eigenvalue weighted by Gasteiger charge is 2.25. The highest BCUT2D eigenvalue weighted by molar-refractivity contribution is 7.98. The van der Waals surface area contributed by atoms with Crippen molar-refractivity contribution in [1.29, 1.82) is 0 Å². The lowest BCUT2D eigenvalue weighted by atomic mass is 10.1. The van der Waals surface area contributed by atoms with Crippen LogP contribution in [0.5, 0.6) is 0 Å². The standard InChI is InChI=1S/C14H19NO3S/c1-10-4-5-12(8-11(10)2)15(9-16)13(14(17)18)6-7-19-3/h4-5,8-9,13H,6-7H2,1-3H3,(H,17,18). The normalized spacial score (nSPS) is 11.9. The number of carbonyl (C=O) groups is 2. The van der Waals surface area contributed by atoms with Crippen LogP contribution < -0.4 is 4.90 Å². The van der Waals surface area contributed by atoms with Gasteiger partial charge in [-0.25, -0.2) is 4.79 Å². The van der Waals surface area contributed by atoms with Crippen LogP contribution in [0.15, 0.2) is 18.2 Å². The van der Waals surface area contributed by atoms with Crippen molar-refractivity contribution in [3.63, 3.8) is 0 Å². The summed E-state index contributed by atoms with van der Waals surface area (Å²) in [5.41, 5.74) is 2.79. The molecule has 0 aromatic heterocycles. The molecule has 104 valence electrons. The summed E-state index contributed by atoms with van der Waals surface area (Å²) in [6, 6.07) is 4.71. The molecule has 1 aromatic rings. The fourth-order valence-electron chi connectivity index (χ4n) is 1.81. The summed E-state index contributed by atoms with van der Waals surface area (Å²) in [5.74, 6) is -0.272. The third kappa shape index (κ3) is 3.99. The molecule has 0 saturated heterocycles. The zero-order valence-corrected chi connectivity index (χ0v) is 12.2. The summed E-state index contributed by atoms with van der Waals surface area (Å²) in [6.07, 6.45) is 2.95. The number of carbonyl (C=O) groups excluding carboxylic acids is 1. The molecule has 0 spiro atoms. The highest BCUT2D eigenvalue weighted by Crippen LogP contribution is 2.21. The van der Waals surface area contributed by atoms with E-state index >= 15 is 0 Å². The van der Waals surface area contributed by atoms with Crippen LogP contribution in [-0.4, -0.2) is 35.5 Å². The molecule has 1 unspecified atom stereocenters. The summed E-state index contributed by atoms with van der Waals surface area (Å²) in [6.45, 7) is 3.92. The van der Waals surface area contributed by atoms with Gasteiger partial charge in [-0.05, 0) is 55.5 Å². The van der Waals surface area contributed by atoms with E-state index in [9.17, 15) is 14.7 Å². The van der Waals surface area contributed by atoms with Gasteiger partial charge in [-0.1, -0.05) is 6.07 Å². The van der Waals surface area contributed by atoms with Crippen molar-refractivity contribution < 1.29 is 14.7 Å². The SMILES string of the molecule is CSCCC(C(=O)O)N(C=O)c1ccc(C)c(C)c1. The molecule has 0 aliphatic rings. The van der Waals surface area contributed by atoms with Crippen molar-refractivity contribution in [2.45, 2.75) is 26.3 Å². The van der Waals surface area contributed by atoms with Crippen molar-refractivity contribution in [3.8, 4) is 0 Å². The summed E-state index contributed by atoms with van der Waals surface area (Å²) >= 11 is 1.57. The zero-order chi connectivity index (χ0) is 14.4. The first-order valence-corrected chi connectivity index (χ1v) is 7.43. The number of rotatable bonds is 7. The molecule has 1 atom stereocenters. The third-order valence-electron chi connectivity index (χ3n) is 3.12. The molecule has 0 saturated carbocycles. The minimum atomic E-state index is -0.973. The van der Waals surface area contributed by atoms with Crippen molar-refractivity contribution in [3.05, 3.63) is 29.3 Å². The summed E-state index contributed by atoms with van der Waals surface area (Å²) in [4.78, 5) is 23.9. The van der Waals surface area contributed by atoms with Crippen LogP contribution in [0.1, 0.15) is 17.5 Å². The van der Waals surface area contributed by atoms with E-state index in [1.165, 1.54) is 4.90 Å². The largest absolute Gasteiger partial charge is 0.480 e. The maximum atomic E-state index is 11.3. The van der Waals surface area contributed by atoms with Gasteiger partial charge < -0.3 is 10.0 Å². The Kier molecular flexibility index (Phi) is 5.89. The van der Waals surface area contributed by atoms with Gasteiger partial charge in [-0.3, -0.25) is 4.79 Å². The van der Waals surface area contributed by atoms with Gasteiger partial charge in [0.25, 0.3) is 0 Å². The number of amides is 1. The maximum Gasteiger partial charge on any atom is 0.326 e. The van der Waals surface area contributed by atoms with E-state index in [0.29, 0.717) is 24.3 Å². The Morgan fingerprint density at radius 2 is 2.11 bits per heavy atom. The number of carboxylic acid groups (broad SMARTS) is 1. The second-order valence-corrected chi connectivity index (χ2v) is 5.40. The van der Waals surface area contributed by atoms with Crippen LogP contribution in [0, 0.1) is 13.8 Å². The van der Waals surface area contributed by atoms with E-state index in [2.05, 4.69) is 0 Å². The Labute approximate surface area is 117 Å². The number of carboxylic acids is 1. The molecule has 19 heavy (non-hydrogen) atoms. The van der Waals surface area contributed by atoms with E-state index in [1.807, 2.05) is 32.2 Å². The second-order valence-electron chi connectivity index (χ2n) is 4.42. The Hall–Kier alpha value is -1.49. The van der Waals surface area contributed by atoms with Crippen LogP contribution in [0.4, 0.5) is 5.69 Å². The smallest absolute Gasteiger partial charge is 0.326 e. The van der Waals surface area contributed by atoms with Crippen LogP contribution in [-0.2, 0) is 9.59 Å². The molecule has 1 amide bonds. The lowest BCUT2D eigenvalue weighted by Crippen LogP contribution is -2.41. The molecule has 1 aromatic carbocycles. The molecule has 1 N–H and O–H groups in total. The van der Waals surface area contributed by atoms with E-state index in [0.717, 1.165) is 11.1 Å². The summed E-state index contributed by atoms with van der Waals surface area (Å²) < 4.78 is 0. The average molecular weight is 281 g/mol. The van der Waals surface area contributed by atoms with Crippen LogP contribution in [0.25, 0.3) is 0 Å². The van der Waals surface area contributed by atoms with E-state index < -0.39 is 12.0 Å². The molecule has 0 heterocycles. The number of hydrogen-bond donors (Lipinski definition) is 1. The van der Waals surface area contributed by atoms with Gasteiger partial charge in [0.05, 0.1) is 0 Å². The topological polar surface area (TPSA) is 57.6 Å². The predicted molar refractivity (Wildman–Crippen MR) is 78.9 cm³/mol. The van der Waals surface area contributed by atoms with Gasteiger partial charge in [0.2, 0.25) is 6.41 Å². The number of anilines is 1. The first kappa shape index (κ1) is 15.6. The average Bonchev–Trinajstić information content (AvgIpc) is 2.37. The molecular weight excluding hydrogens is 262 g/mol. The summed E-state index contributed by atoms with van der Waals surface area (Å²) in [7, 11) is 0. The Balaban J connectivity index is 3.04. The molecule has 0 fully saturated rings. The van der Waals surface area contributed by atoms with Crippen molar-refractivity contribution in [2.24, 2.45) is 0 Å². The zero-order valence-electron chi connectivity index (χ0n) is 11.4. The number of thioether (sulfide) groups is 1. The van der Waals surface area contributed by atoms with Gasteiger partial charge in [0.1, 0.15) is 6.04 Å². The molecule has 0 aliphatic heterocycles. The quantitative estimate of drug-likeness (QED) is 0.780. The van der Waals surface area contributed by atoms with Crippen molar-refractivity contribution in [1.82, 2.24) is 0 Å². The summed E-state index contributed by atoms with van der Waals surface area (Å²) in [5, 5.41) is 9.28. The second kappa shape index (κ2) is 7.19. The van der Waals surface area contributed by atoms with Crippen molar-refractivity contribution in [2.75, 3.05) is 16.9 Å². The molecule has 5 heteroatoms. The van der Waals surface area contributed by atoms with Gasteiger partial charge in [0.15, 0.2) is 0 Å². The minimum absolute atomic E-state index is 0.433. The molecule has 4 nitrogen and oxygen atoms in total. The monoisotopic (exact) mass is 281 g/mol. The van der Waals surface area contributed by atoms with E-state index in [1.54, 1.807) is 17.8 Å². The van der Waals surface area contributed by atoms with Gasteiger partial charge in [-0.2, -0.15) is 11.8 Å². The molecular formula is C14H19NO3S. The number of nitrogens with zero attached hydrogens (tertiary/aromatic N) is 1. The molecule has 1 rings (SSSR count). The Morgan fingerprint density at radius 1 is 1.42 bits per heavy atom. The highest BCUT2D eigenvalue weighted by atomic mass is 32.2. The van der Waals surface area contributed by atoms with Gasteiger partial charge >= 0.3 is 5.97 Å². The molecule has 0 radical (unpaired) electrons. The predicted octanol–water partition coefficient (Wildman–Crippen LogP) is 2.47. The van der Waals surface area contributed by atoms with Crippen LogP contribution in [0.3, 0.4) is 0 Å². The Morgan fingerprint density at radius 3 is 2.58 bits per heavy atom. The fourth-order valence-corrected chi connectivity index (χ4v) is 2.27.